The summed E-state index contributed by atoms with van der Waals surface area (Å²) in [5.74, 6) is -0.365. The minimum absolute atomic E-state index is 0.144. The summed E-state index contributed by atoms with van der Waals surface area (Å²) >= 11 is 8.77. The Hall–Kier alpha value is -2.45. The second-order valence-electron chi connectivity index (χ2n) is 6.04. The molecule has 3 N–H and O–H groups in total. The van der Waals surface area contributed by atoms with Gasteiger partial charge in [0.25, 0.3) is 5.91 Å². The molecule has 0 bridgehead atoms. The van der Waals surface area contributed by atoms with E-state index in [1.165, 1.54) is 7.11 Å². The van der Waals surface area contributed by atoms with Crippen LogP contribution in [0.15, 0.2) is 53.0 Å². The Morgan fingerprint density at radius 2 is 1.89 bits per heavy atom. The van der Waals surface area contributed by atoms with Gasteiger partial charge in [-0.2, -0.15) is 0 Å². The van der Waals surface area contributed by atoms with Crippen LogP contribution in [0.4, 0.5) is 0 Å². The van der Waals surface area contributed by atoms with E-state index in [1.807, 2.05) is 30.3 Å². The predicted molar refractivity (Wildman–Crippen MR) is 116 cm³/mol. The molecule has 2 aromatic rings. The Labute approximate surface area is 178 Å². The SMILES string of the molecule is COc1ccc(Br)cc1C(=O)NC(=S)N(CCC(N)=O)CCc1ccccc1. The van der Waals surface area contributed by atoms with Gasteiger partial charge in [0.1, 0.15) is 5.75 Å². The number of nitrogens with one attached hydrogen (secondary N) is 1. The van der Waals surface area contributed by atoms with Gasteiger partial charge in [-0.05, 0) is 42.4 Å². The zero-order valence-electron chi connectivity index (χ0n) is 15.5. The van der Waals surface area contributed by atoms with E-state index >= 15 is 0 Å². The van der Waals surface area contributed by atoms with Crippen molar-refractivity contribution < 1.29 is 14.3 Å². The molecule has 6 nitrogen and oxygen atoms in total. The monoisotopic (exact) mass is 463 g/mol. The number of ether oxygens (including phenoxy) is 1. The van der Waals surface area contributed by atoms with Crippen molar-refractivity contribution in [3.63, 3.8) is 0 Å². The van der Waals surface area contributed by atoms with Gasteiger partial charge in [-0.1, -0.05) is 46.3 Å². The van der Waals surface area contributed by atoms with Crippen molar-refractivity contribution in [1.82, 2.24) is 10.2 Å². The number of primary amides is 1. The molecule has 2 rings (SSSR count). The van der Waals surface area contributed by atoms with Crippen LogP contribution >= 0.6 is 28.1 Å². The molecule has 2 amide bonds. The largest absolute Gasteiger partial charge is 0.496 e. The standard InChI is InChI=1S/C20H22BrN3O3S/c1-27-17-8-7-15(21)13-16(17)19(26)23-20(28)24(12-10-18(22)25)11-9-14-5-3-2-4-6-14/h2-8,13H,9-12H2,1H3,(H2,22,25)(H,23,26,28). The molecule has 0 aliphatic heterocycles. The van der Waals surface area contributed by atoms with E-state index in [-0.39, 0.29) is 17.4 Å². The Morgan fingerprint density at radius 3 is 2.54 bits per heavy atom. The Bertz CT molecular complexity index is 846. The number of nitrogens with zero attached hydrogens (tertiary/aromatic N) is 1. The molecule has 0 aromatic heterocycles. The quantitative estimate of drug-likeness (QED) is 0.587. The average molecular weight is 464 g/mol. The Kier molecular flexibility index (Phi) is 8.41. The van der Waals surface area contributed by atoms with E-state index in [4.69, 9.17) is 22.7 Å². The highest BCUT2D eigenvalue weighted by Crippen LogP contribution is 2.22. The van der Waals surface area contributed by atoms with Crippen molar-refractivity contribution in [2.45, 2.75) is 12.8 Å². The second kappa shape index (κ2) is 10.8. The number of nitrogens with two attached hydrogens (primary N) is 1. The van der Waals surface area contributed by atoms with Gasteiger partial charge in [0, 0.05) is 24.0 Å². The fourth-order valence-corrected chi connectivity index (χ4v) is 3.21. The zero-order valence-corrected chi connectivity index (χ0v) is 17.9. The third-order valence-corrected chi connectivity index (χ3v) is 4.91. The van der Waals surface area contributed by atoms with Crippen LogP contribution in [-0.4, -0.2) is 42.0 Å². The molecule has 0 aliphatic rings. The number of benzene rings is 2. The fraction of sp³-hybridized carbons (Fsp3) is 0.250. The molecular weight excluding hydrogens is 442 g/mol. The lowest BCUT2D eigenvalue weighted by atomic mass is 10.1. The highest BCUT2D eigenvalue weighted by Gasteiger charge is 2.18. The molecule has 8 heteroatoms. The first-order valence-corrected chi connectivity index (χ1v) is 9.87. The van der Waals surface area contributed by atoms with Crippen molar-refractivity contribution in [1.29, 1.82) is 0 Å². The molecule has 0 aliphatic carbocycles. The fourth-order valence-electron chi connectivity index (χ4n) is 2.57. The smallest absolute Gasteiger partial charge is 0.261 e. The summed E-state index contributed by atoms with van der Waals surface area (Å²) in [6, 6.07) is 15.0. The molecule has 0 unspecified atom stereocenters. The Morgan fingerprint density at radius 1 is 1.18 bits per heavy atom. The van der Waals surface area contributed by atoms with Gasteiger partial charge in [0.05, 0.1) is 12.7 Å². The first kappa shape index (κ1) is 21.8. The molecule has 0 fully saturated rings. The van der Waals surface area contributed by atoms with Crippen molar-refractivity contribution in [2.75, 3.05) is 20.2 Å². The molecule has 0 heterocycles. The molecule has 28 heavy (non-hydrogen) atoms. The number of carbonyl (C=O) groups is 2. The van der Waals surface area contributed by atoms with Gasteiger partial charge in [-0.15, -0.1) is 0 Å². The van der Waals surface area contributed by atoms with Crippen LogP contribution in [0.2, 0.25) is 0 Å². The number of amides is 2. The van der Waals surface area contributed by atoms with Crippen molar-refractivity contribution >= 4 is 45.1 Å². The molecule has 148 valence electrons. The van der Waals surface area contributed by atoms with E-state index in [1.54, 1.807) is 23.1 Å². The van der Waals surface area contributed by atoms with Gasteiger partial charge in [-0.3, -0.25) is 14.9 Å². The minimum Gasteiger partial charge on any atom is -0.496 e. The lowest BCUT2D eigenvalue weighted by Crippen LogP contribution is -2.44. The number of hydrogen-bond donors (Lipinski definition) is 2. The maximum absolute atomic E-state index is 12.7. The predicted octanol–water partition coefficient (Wildman–Crippen LogP) is 2.89. The normalized spacial score (nSPS) is 10.2. The summed E-state index contributed by atoms with van der Waals surface area (Å²) in [5, 5.41) is 2.96. The third kappa shape index (κ3) is 6.61. The zero-order chi connectivity index (χ0) is 20.5. The van der Waals surface area contributed by atoms with Crippen LogP contribution in [0.1, 0.15) is 22.3 Å². The minimum atomic E-state index is -0.424. The first-order valence-electron chi connectivity index (χ1n) is 8.66. The van der Waals surface area contributed by atoms with Crippen LogP contribution in [0.5, 0.6) is 5.75 Å². The topological polar surface area (TPSA) is 84.7 Å². The average Bonchev–Trinajstić information content (AvgIpc) is 2.68. The number of thiocarbonyl (C=S) groups is 1. The van der Waals surface area contributed by atoms with E-state index in [0.717, 1.165) is 16.5 Å². The lowest BCUT2D eigenvalue weighted by molar-refractivity contribution is -0.118. The number of halogens is 1. The summed E-state index contributed by atoms with van der Waals surface area (Å²) in [7, 11) is 1.50. The lowest BCUT2D eigenvalue weighted by Gasteiger charge is -2.25. The van der Waals surface area contributed by atoms with Gasteiger partial charge in [-0.25, -0.2) is 0 Å². The molecule has 0 spiro atoms. The number of rotatable bonds is 8. The first-order chi connectivity index (χ1) is 13.4. The van der Waals surface area contributed by atoms with E-state index in [9.17, 15) is 9.59 Å². The van der Waals surface area contributed by atoms with E-state index in [2.05, 4.69) is 21.2 Å². The molecule has 0 atom stereocenters. The van der Waals surface area contributed by atoms with Crippen molar-refractivity contribution in [2.24, 2.45) is 5.73 Å². The van der Waals surface area contributed by atoms with E-state index in [0.29, 0.717) is 24.4 Å². The number of hydrogen-bond acceptors (Lipinski definition) is 4. The van der Waals surface area contributed by atoms with Crippen LogP contribution in [0.25, 0.3) is 0 Å². The molecule has 0 radical (unpaired) electrons. The maximum Gasteiger partial charge on any atom is 0.261 e. The highest BCUT2D eigenvalue weighted by atomic mass is 79.9. The molecule has 0 saturated carbocycles. The van der Waals surface area contributed by atoms with Crippen molar-refractivity contribution in [3.05, 3.63) is 64.1 Å². The summed E-state index contributed by atoms with van der Waals surface area (Å²) in [5.41, 5.74) is 6.77. The van der Waals surface area contributed by atoms with Crippen molar-refractivity contribution in [3.8, 4) is 5.75 Å². The van der Waals surface area contributed by atoms with Crippen LogP contribution in [-0.2, 0) is 11.2 Å². The second-order valence-corrected chi connectivity index (χ2v) is 7.35. The molecular formula is C20H22BrN3O3S. The number of carbonyl (C=O) groups excluding carboxylic acids is 2. The molecule has 0 saturated heterocycles. The van der Waals surface area contributed by atoms with Gasteiger partial charge < -0.3 is 15.4 Å². The van der Waals surface area contributed by atoms with Gasteiger partial charge in [0.15, 0.2) is 5.11 Å². The number of methoxy groups -OCH3 is 1. The summed E-state index contributed by atoms with van der Waals surface area (Å²) in [6.45, 7) is 0.878. The third-order valence-electron chi connectivity index (χ3n) is 4.06. The van der Waals surface area contributed by atoms with Crippen LogP contribution in [0, 0.1) is 0 Å². The van der Waals surface area contributed by atoms with Crippen LogP contribution in [0.3, 0.4) is 0 Å². The maximum atomic E-state index is 12.7. The van der Waals surface area contributed by atoms with Gasteiger partial charge in [0.2, 0.25) is 5.91 Å². The van der Waals surface area contributed by atoms with Gasteiger partial charge >= 0.3 is 0 Å². The highest BCUT2D eigenvalue weighted by molar-refractivity contribution is 9.10. The van der Waals surface area contributed by atoms with Crippen LogP contribution < -0.4 is 15.8 Å². The molecule has 2 aromatic carbocycles. The Balaban J connectivity index is 2.09. The summed E-state index contributed by atoms with van der Waals surface area (Å²) in [4.78, 5) is 25.7. The van der Waals surface area contributed by atoms with E-state index < -0.39 is 5.91 Å². The summed E-state index contributed by atoms with van der Waals surface area (Å²) in [6.07, 6.45) is 0.862. The summed E-state index contributed by atoms with van der Waals surface area (Å²) < 4.78 is 6.00.